The summed E-state index contributed by atoms with van der Waals surface area (Å²) in [6.07, 6.45) is 4.72. The second-order valence-electron chi connectivity index (χ2n) is 7.21. The van der Waals surface area contributed by atoms with Crippen LogP contribution in [-0.4, -0.2) is 39.2 Å². The van der Waals surface area contributed by atoms with E-state index in [0.717, 1.165) is 41.6 Å². The molecule has 1 amide bonds. The molecule has 24 heavy (non-hydrogen) atoms. The van der Waals surface area contributed by atoms with Gasteiger partial charge in [-0.25, -0.2) is 9.78 Å². The van der Waals surface area contributed by atoms with Crippen LogP contribution in [0.3, 0.4) is 0 Å². The van der Waals surface area contributed by atoms with Crippen LogP contribution in [0.2, 0.25) is 0 Å². The summed E-state index contributed by atoms with van der Waals surface area (Å²) in [5.41, 5.74) is 0.554. The molecular formula is C17H21BrIN3O2. The third-order valence-electron chi connectivity index (χ3n) is 4.07. The van der Waals surface area contributed by atoms with E-state index in [1.165, 1.54) is 3.57 Å². The van der Waals surface area contributed by atoms with Crippen molar-refractivity contribution in [1.82, 2.24) is 14.5 Å². The van der Waals surface area contributed by atoms with Crippen molar-refractivity contribution in [2.75, 3.05) is 13.1 Å². The molecule has 0 radical (unpaired) electrons. The van der Waals surface area contributed by atoms with Crippen LogP contribution in [0.5, 0.6) is 0 Å². The topological polar surface area (TPSA) is 47.4 Å². The van der Waals surface area contributed by atoms with Crippen LogP contribution in [0, 0.1) is 9.49 Å². The molecule has 5 nitrogen and oxygen atoms in total. The van der Waals surface area contributed by atoms with E-state index in [1.807, 2.05) is 31.9 Å². The highest BCUT2D eigenvalue weighted by molar-refractivity contribution is 14.1. The zero-order valence-electron chi connectivity index (χ0n) is 14.1. The van der Waals surface area contributed by atoms with Crippen molar-refractivity contribution in [3.8, 4) is 0 Å². The Hall–Kier alpha value is -0.830. The molecule has 7 heteroatoms. The summed E-state index contributed by atoms with van der Waals surface area (Å²) in [5.74, 6) is 0.427. The van der Waals surface area contributed by atoms with Gasteiger partial charge in [-0.1, -0.05) is 0 Å². The van der Waals surface area contributed by atoms with Crippen LogP contribution >= 0.6 is 38.5 Å². The first-order chi connectivity index (χ1) is 11.2. The smallest absolute Gasteiger partial charge is 0.410 e. The van der Waals surface area contributed by atoms with Crippen LogP contribution in [0.4, 0.5) is 4.79 Å². The fourth-order valence-electron chi connectivity index (χ4n) is 2.98. The zero-order chi connectivity index (χ0) is 17.5. The van der Waals surface area contributed by atoms with E-state index in [9.17, 15) is 4.79 Å². The highest BCUT2D eigenvalue weighted by Crippen LogP contribution is 2.28. The molecule has 2 aromatic heterocycles. The predicted octanol–water partition coefficient (Wildman–Crippen LogP) is 4.66. The van der Waals surface area contributed by atoms with Gasteiger partial charge in [-0.3, -0.25) is 0 Å². The highest BCUT2D eigenvalue weighted by atomic mass is 127. The predicted molar refractivity (Wildman–Crippen MR) is 106 cm³/mol. The van der Waals surface area contributed by atoms with E-state index in [2.05, 4.69) is 60.3 Å². The molecule has 0 aliphatic carbocycles. The molecule has 1 aliphatic heterocycles. The highest BCUT2D eigenvalue weighted by Gasteiger charge is 2.30. The molecule has 1 aliphatic rings. The number of hydrogen-bond donors (Lipinski definition) is 0. The summed E-state index contributed by atoms with van der Waals surface area (Å²) < 4.78 is 9.85. The molecular weight excluding hydrogens is 485 g/mol. The Kier molecular flexibility index (Phi) is 5.11. The molecule has 0 aromatic carbocycles. The molecule has 2 aromatic rings. The number of fused-ring (bicyclic) bond motifs is 1. The Bertz CT molecular complexity index is 769. The minimum Gasteiger partial charge on any atom is -0.444 e. The van der Waals surface area contributed by atoms with Gasteiger partial charge in [-0.05, 0) is 77.7 Å². The molecule has 1 atom stereocenters. The van der Waals surface area contributed by atoms with Crippen molar-refractivity contribution in [1.29, 1.82) is 0 Å². The standard InChI is InChI=1S/C17H21BrIN3O2/c1-17(2,3)24-16(23)22-6-4-11(10-22)9-21-7-5-12-14(19)13(18)8-20-15(12)21/h5,7-8,11H,4,6,9-10H2,1-3H3/t11-/m0/s1. The number of amides is 1. The lowest BCUT2D eigenvalue weighted by Gasteiger charge is -2.24. The van der Waals surface area contributed by atoms with Crippen LogP contribution in [0.1, 0.15) is 27.2 Å². The second-order valence-corrected chi connectivity index (χ2v) is 9.14. The van der Waals surface area contributed by atoms with Gasteiger partial charge in [0.25, 0.3) is 0 Å². The van der Waals surface area contributed by atoms with Crippen molar-refractivity contribution in [3.05, 3.63) is 26.5 Å². The van der Waals surface area contributed by atoms with E-state index in [4.69, 9.17) is 4.74 Å². The number of halogens is 2. The summed E-state index contributed by atoms with van der Waals surface area (Å²) in [6, 6.07) is 2.11. The van der Waals surface area contributed by atoms with Gasteiger partial charge < -0.3 is 14.2 Å². The van der Waals surface area contributed by atoms with Gasteiger partial charge in [0, 0.05) is 45.5 Å². The lowest BCUT2D eigenvalue weighted by atomic mass is 10.1. The Morgan fingerprint density at radius 1 is 1.50 bits per heavy atom. The SMILES string of the molecule is CC(C)(C)OC(=O)N1CC[C@@H](Cn2ccc3c(I)c(Br)cnc32)C1. The average Bonchev–Trinajstić information content (AvgIpc) is 3.09. The molecule has 0 N–H and O–H groups in total. The van der Waals surface area contributed by atoms with Crippen LogP contribution in [-0.2, 0) is 11.3 Å². The third kappa shape index (κ3) is 3.87. The van der Waals surface area contributed by atoms with E-state index in [0.29, 0.717) is 5.92 Å². The number of carbonyl (C=O) groups excluding carboxylic acids is 1. The van der Waals surface area contributed by atoms with Crippen molar-refractivity contribution >= 4 is 55.6 Å². The molecule has 1 saturated heterocycles. The Morgan fingerprint density at radius 3 is 2.96 bits per heavy atom. The lowest BCUT2D eigenvalue weighted by molar-refractivity contribution is 0.0287. The normalized spacial score (nSPS) is 18.4. The number of carbonyl (C=O) groups is 1. The first-order valence-electron chi connectivity index (χ1n) is 8.01. The second kappa shape index (κ2) is 6.82. The number of nitrogens with zero attached hydrogens (tertiary/aromatic N) is 3. The molecule has 3 rings (SSSR count). The van der Waals surface area contributed by atoms with Gasteiger partial charge in [0.05, 0.1) is 0 Å². The fourth-order valence-corrected chi connectivity index (χ4v) is 3.86. The molecule has 0 unspecified atom stereocenters. The van der Waals surface area contributed by atoms with E-state index in [-0.39, 0.29) is 6.09 Å². The van der Waals surface area contributed by atoms with Crippen molar-refractivity contribution in [2.24, 2.45) is 5.92 Å². The largest absolute Gasteiger partial charge is 0.444 e. The van der Waals surface area contributed by atoms with Gasteiger partial charge in [0.15, 0.2) is 0 Å². The minimum atomic E-state index is -0.445. The fraction of sp³-hybridized carbons (Fsp3) is 0.529. The molecule has 3 heterocycles. The van der Waals surface area contributed by atoms with Crippen LogP contribution in [0.15, 0.2) is 22.9 Å². The summed E-state index contributed by atoms with van der Waals surface area (Å²) in [6.45, 7) is 8.06. The van der Waals surface area contributed by atoms with Gasteiger partial charge in [0.2, 0.25) is 0 Å². The Morgan fingerprint density at radius 2 is 2.25 bits per heavy atom. The average molecular weight is 506 g/mol. The monoisotopic (exact) mass is 505 g/mol. The van der Waals surface area contributed by atoms with E-state index in [1.54, 1.807) is 0 Å². The maximum Gasteiger partial charge on any atom is 0.410 e. The number of aromatic nitrogens is 2. The van der Waals surface area contributed by atoms with Gasteiger partial charge >= 0.3 is 6.09 Å². The first kappa shape index (κ1) is 18.0. The molecule has 0 spiro atoms. The van der Waals surface area contributed by atoms with Gasteiger partial charge in [-0.15, -0.1) is 0 Å². The Labute approximate surface area is 164 Å². The molecule has 1 fully saturated rings. The van der Waals surface area contributed by atoms with Crippen molar-refractivity contribution < 1.29 is 9.53 Å². The van der Waals surface area contributed by atoms with Crippen molar-refractivity contribution in [3.63, 3.8) is 0 Å². The van der Waals surface area contributed by atoms with Crippen molar-refractivity contribution in [2.45, 2.75) is 39.3 Å². The third-order valence-corrected chi connectivity index (χ3v) is 6.58. The first-order valence-corrected chi connectivity index (χ1v) is 9.88. The number of hydrogen-bond acceptors (Lipinski definition) is 3. The van der Waals surface area contributed by atoms with Crippen LogP contribution < -0.4 is 0 Å². The zero-order valence-corrected chi connectivity index (χ0v) is 17.8. The van der Waals surface area contributed by atoms with E-state index < -0.39 is 5.60 Å². The van der Waals surface area contributed by atoms with Gasteiger partial charge in [-0.2, -0.15) is 0 Å². The van der Waals surface area contributed by atoms with Gasteiger partial charge in [0.1, 0.15) is 11.2 Å². The number of likely N-dealkylation sites (tertiary alicyclic amines) is 1. The summed E-state index contributed by atoms with van der Waals surface area (Å²) in [7, 11) is 0. The molecule has 0 bridgehead atoms. The van der Waals surface area contributed by atoms with Crippen LogP contribution in [0.25, 0.3) is 11.0 Å². The maximum atomic E-state index is 12.2. The summed E-state index contributed by atoms with van der Waals surface area (Å²) in [5, 5.41) is 1.16. The maximum absolute atomic E-state index is 12.2. The molecule has 0 saturated carbocycles. The molecule has 130 valence electrons. The number of rotatable bonds is 2. The lowest BCUT2D eigenvalue weighted by Crippen LogP contribution is -2.35. The van der Waals surface area contributed by atoms with E-state index >= 15 is 0 Å². The quantitative estimate of drug-likeness (QED) is 0.557. The summed E-state index contributed by atoms with van der Waals surface area (Å²) in [4.78, 5) is 18.5. The minimum absolute atomic E-state index is 0.209. The number of ether oxygens (including phenoxy) is 1. The Balaban J connectivity index is 1.68. The summed E-state index contributed by atoms with van der Waals surface area (Å²) >= 11 is 5.86. The number of pyridine rings is 1.